The van der Waals surface area contributed by atoms with E-state index < -0.39 is 0 Å². The summed E-state index contributed by atoms with van der Waals surface area (Å²) < 4.78 is 30.5. The van der Waals surface area contributed by atoms with Crippen molar-refractivity contribution in [2.75, 3.05) is 13.2 Å². The van der Waals surface area contributed by atoms with Crippen molar-refractivity contribution in [1.29, 1.82) is 0 Å². The minimum atomic E-state index is -0.363. The van der Waals surface area contributed by atoms with Crippen molar-refractivity contribution in [3.63, 3.8) is 0 Å². The van der Waals surface area contributed by atoms with E-state index in [-0.39, 0.29) is 24.3 Å². The summed E-state index contributed by atoms with van der Waals surface area (Å²) >= 11 is 0. The molecule has 0 saturated carbocycles. The Hall–Kier alpha value is -3.45. The molecule has 1 heterocycles. The number of carbonyl (C=O) groups is 1. The van der Waals surface area contributed by atoms with Crippen LogP contribution in [0.25, 0.3) is 0 Å². The highest BCUT2D eigenvalue weighted by Crippen LogP contribution is 2.30. The molecule has 0 spiro atoms. The van der Waals surface area contributed by atoms with Crippen LogP contribution >= 0.6 is 0 Å². The Kier molecular flexibility index (Phi) is 11.6. The van der Waals surface area contributed by atoms with Crippen LogP contribution in [0.4, 0.5) is 0 Å². The number of carbonyl (C=O) groups excluding carboxylic acids is 1. The average Bonchev–Trinajstić information content (AvgIpc) is 2.97. The second kappa shape index (κ2) is 15.8. The lowest BCUT2D eigenvalue weighted by atomic mass is 9.94. The van der Waals surface area contributed by atoms with Crippen LogP contribution in [-0.2, 0) is 48.3 Å². The van der Waals surface area contributed by atoms with Gasteiger partial charge in [0.1, 0.15) is 18.3 Å². The lowest BCUT2D eigenvalue weighted by molar-refractivity contribution is -0.152. The molecule has 0 unspecified atom stereocenters. The van der Waals surface area contributed by atoms with Crippen molar-refractivity contribution in [3.8, 4) is 0 Å². The fraction of sp³-hybridized carbons (Fsp3) is 0.364. The second-order valence-corrected chi connectivity index (χ2v) is 9.64. The maximum absolute atomic E-state index is 11.1. The van der Waals surface area contributed by atoms with E-state index >= 15 is 0 Å². The molecule has 0 saturated heterocycles. The van der Waals surface area contributed by atoms with Crippen LogP contribution in [0.3, 0.4) is 0 Å². The van der Waals surface area contributed by atoms with Gasteiger partial charge >= 0.3 is 5.97 Å². The first kappa shape index (κ1) is 28.6. The molecular weight excluding hydrogens is 492 g/mol. The first-order valence-corrected chi connectivity index (χ1v) is 13.6. The summed E-state index contributed by atoms with van der Waals surface area (Å²) in [7, 11) is 0. The van der Waals surface area contributed by atoms with E-state index in [1.807, 2.05) is 73.0 Å². The van der Waals surface area contributed by atoms with Gasteiger partial charge in [-0.2, -0.15) is 0 Å². The molecule has 0 radical (unpaired) electrons. The van der Waals surface area contributed by atoms with Gasteiger partial charge in [0.15, 0.2) is 0 Å². The second-order valence-electron chi connectivity index (χ2n) is 9.64. The molecular formula is C33H38O6. The van der Waals surface area contributed by atoms with E-state index in [9.17, 15) is 4.79 Å². The third kappa shape index (κ3) is 9.66. The largest absolute Gasteiger partial charge is 0.493 e. The molecule has 0 amide bonds. The normalized spacial score (nSPS) is 18.7. The van der Waals surface area contributed by atoms with Crippen LogP contribution in [-0.4, -0.2) is 37.5 Å². The van der Waals surface area contributed by atoms with Gasteiger partial charge in [0.05, 0.1) is 39.3 Å². The smallest absolute Gasteiger partial charge is 0.302 e. The first-order valence-electron chi connectivity index (χ1n) is 13.6. The van der Waals surface area contributed by atoms with Gasteiger partial charge in [0.2, 0.25) is 0 Å². The Balaban J connectivity index is 1.48. The van der Waals surface area contributed by atoms with Crippen LogP contribution in [0.1, 0.15) is 42.9 Å². The zero-order valence-electron chi connectivity index (χ0n) is 22.6. The van der Waals surface area contributed by atoms with Crippen LogP contribution < -0.4 is 0 Å². The molecule has 39 heavy (non-hydrogen) atoms. The Labute approximate surface area is 231 Å². The van der Waals surface area contributed by atoms with Gasteiger partial charge in [-0.05, 0) is 41.5 Å². The fourth-order valence-corrected chi connectivity index (χ4v) is 4.50. The van der Waals surface area contributed by atoms with E-state index in [1.54, 1.807) is 0 Å². The molecule has 3 atom stereocenters. The van der Waals surface area contributed by atoms with E-state index in [1.165, 1.54) is 6.92 Å². The van der Waals surface area contributed by atoms with Crippen molar-refractivity contribution >= 4 is 5.97 Å². The highest BCUT2D eigenvalue weighted by molar-refractivity contribution is 5.65. The summed E-state index contributed by atoms with van der Waals surface area (Å²) in [5, 5.41) is 0. The van der Waals surface area contributed by atoms with Gasteiger partial charge < -0.3 is 23.7 Å². The number of rotatable bonds is 15. The number of esters is 1. The monoisotopic (exact) mass is 530 g/mol. The van der Waals surface area contributed by atoms with Crippen LogP contribution in [0.2, 0.25) is 0 Å². The summed E-state index contributed by atoms with van der Waals surface area (Å²) in [4.78, 5) is 11.1. The van der Waals surface area contributed by atoms with Crippen molar-refractivity contribution in [2.24, 2.45) is 0 Å². The number of benzene rings is 3. The van der Waals surface area contributed by atoms with Gasteiger partial charge in [-0.15, -0.1) is 0 Å². The van der Waals surface area contributed by atoms with Crippen molar-refractivity contribution < 1.29 is 28.5 Å². The van der Waals surface area contributed by atoms with Crippen molar-refractivity contribution in [2.45, 2.75) is 64.3 Å². The van der Waals surface area contributed by atoms with Crippen molar-refractivity contribution in [3.05, 3.63) is 120 Å². The Morgan fingerprint density at radius 3 is 1.90 bits per heavy atom. The molecule has 0 bridgehead atoms. The van der Waals surface area contributed by atoms with Crippen LogP contribution in [0.15, 0.2) is 103 Å². The van der Waals surface area contributed by atoms with Gasteiger partial charge in [-0.3, -0.25) is 4.79 Å². The number of ether oxygens (including phenoxy) is 5. The lowest BCUT2D eigenvalue weighted by Crippen LogP contribution is -2.48. The Morgan fingerprint density at radius 1 is 0.744 bits per heavy atom. The van der Waals surface area contributed by atoms with Crippen LogP contribution in [0.5, 0.6) is 0 Å². The van der Waals surface area contributed by atoms with Gasteiger partial charge in [0, 0.05) is 6.92 Å². The first-order chi connectivity index (χ1) is 19.2. The van der Waals surface area contributed by atoms with E-state index in [4.69, 9.17) is 23.7 Å². The minimum absolute atomic E-state index is 0.257. The molecule has 6 heteroatoms. The molecule has 0 N–H and O–H groups in total. The highest BCUT2D eigenvalue weighted by atomic mass is 16.6. The number of hydrogen-bond acceptors (Lipinski definition) is 6. The summed E-state index contributed by atoms with van der Waals surface area (Å²) in [5.41, 5.74) is 4.32. The summed E-state index contributed by atoms with van der Waals surface area (Å²) in [6.07, 6.45) is 3.18. The van der Waals surface area contributed by atoms with E-state index in [0.717, 1.165) is 41.5 Å². The van der Waals surface area contributed by atoms with Gasteiger partial charge in [-0.25, -0.2) is 0 Å². The predicted octanol–water partition coefficient (Wildman–Crippen LogP) is 6.39. The molecule has 0 aliphatic carbocycles. The van der Waals surface area contributed by atoms with Crippen molar-refractivity contribution in [1.82, 2.24) is 0 Å². The molecule has 3 aromatic carbocycles. The quantitative estimate of drug-likeness (QED) is 0.168. The standard InChI is InChI=1S/C33H38O6/c1-26(34)36-20-12-11-19-30-24-37-31(25-35-21-27-13-5-2-6-14-27)33(39-23-29-17-9-4-10-18-29)32(30)38-22-28-15-7-3-8-16-28/h2-10,13-18,24,31-33H,11-12,19-23,25H2,1H3/t31-,32-,33-/m1/s1. The molecule has 1 aliphatic rings. The summed E-state index contributed by atoms with van der Waals surface area (Å²) in [6.45, 7) is 3.60. The maximum atomic E-state index is 11.1. The third-order valence-corrected chi connectivity index (χ3v) is 6.54. The van der Waals surface area contributed by atoms with Gasteiger partial charge in [-0.1, -0.05) is 91.0 Å². The minimum Gasteiger partial charge on any atom is -0.493 e. The van der Waals surface area contributed by atoms with E-state index in [2.05, 4.69) is 24.3 Å². The maximum Gasteiger partial charge on any atom is 0.302 e. The highest BCUT2D eigenvalue weighted by Gasteiger charge is 2.38. The SMILES string of the molecule is CC(=O)OCCCCC1=CO[C@H](COCc2ccccc2)[C@@H](OCc2ccccc2)[C@@H]1OCc1ccccc1. The molecule has 0 fully saturated rings. The molecule has 6 nitrogen and oxygen atoms in total. The average molecular weight is 531 g/mol. The third-order valence-electron chi connectivity index (χ3n) is 6.54. The fourth-order valence-electron chi connectivity index (χ4n) is 4.50. The molecule has 206 valence electrons. The number of hydrogen-bond donors (Lipinski definition) is 0. The Morgan fingerprint density at radius 2 is 1.31 bits per heavy atom. The lowest BCUT2D eigenvalue weighted by Gasteiger charge is -2.38. The van der Waals surface area contributed by atoms with Gasteiger partial charge in [0.25, 0.3) is 0 Å². The number of unbranched alkanes of at least 4 members (excludes halogenated alkanes) is 1. The van der Waals surface area contributed by atoms with Crippen LogP contribution in [0, 0.1) is 0 Å². The molecule has 1 aliphatic heterocycles. The molecule has 4 rings (SSSR count). The Bertz CT molecular complexity index is 1130. The summed E-state index contributed by atoms with van der Waals surface area (Å²) in [5.74, 6) is -0.257. The topological polar surface area (TPSA) is 63.2 Å². The molecule has 0 aromatic heterocycles. The predicted molar refractivity (Wildman–Crippen MR) is 150 cm³/mol. The zero-order chi connectivity index (χ0) is 27.1. The molecule has 3 aromatic rings. The summed E-state index contributed by atoms with van der Waals surface area (Å²) in [6, 6.07) is 30.4. The van der Waals surface area contributed by atoms with E-state index in [0.29, 0.717) is 33.0 Å². The zero-order valence-corrected chi connectivity index (χ0v) is 22.6.